The summed E-state index contributed by atoms with van der Waals surface area (Å²) in [5, 5.41) is 8.50. The van der Waals surface area contributed by atoms with Gasteiger partial charge in [-0.05, 0) is 32.3 Å². The van der Waals surface area contributed by atoms with Gasteiger partial charge in [-0.2, -0.15) is 0 Å². The number of ether oxygens (including phenoxy) is 1. The molecule has 4 heteroatoms. The highest BCUT2D eigenvalue weighted by Gasteiger charge is 2.25. The first-order valence-corrected chi connectivity index (χ1v) is 5.60. The molecule has 0 radical (unpaired) electrons. The summed E-state index contributed by atoms with van der Waals surface area (Å²) in [7, 11) is 0.862. The fourth-order valence-corrected chi connectivity index (χ4v) is 2.58. The van der Waals surface area contributed by atoms with Crippen molar-refractivity contribution >= 4 is 16.2 Å². The monoisotopic (exact) mass is 200 g/mol. The summed E-state index contributed by atoms with van der Waals surface area (Å²) in [4.78, 5) is 10.6. The van der Waals surface area contributed by atoms with Crippen LogP contribution in [0.3, 0.4) is 0 Å². The van der Waals surface area contributed by atoms with Crippen LogP contribution in [0.1, 0.15) is 26.2 Å². The fraction of sp³-hybridized carbons (Fsp3) is 0.667. The highest BCUT2D eigenvalue weighted by Crippen LogP contribution is 2.24. The zero-order valence-corrected chi connectivity index (χ0v) is 10.2. The molecule has 0 aliphatic carbocycles. The summed E-state index contributed by atoms with van der Waals surface area (Å²) in [5.41, 5.74) is 0.400. The number of hydrogen-bond donors (Lipinski definition) is 1. The van der Waals surface area contributed by atoms with Gasteiger partial charge < -0.3 is 9.84 Å². The molecule has 0 saturated carbocycles. The molecule has 1 aliphatic rings. The highest BCUT2D eigenvalue weighted by atomic mass is 28.1. The van der Waals surface area contributed by atoms with Crippen LogP contribution in [0.2, 0.25) is 0 Å². The van der Waals surface area contributed by atoms with Gasteiger partial charge in [0.05, 0.1) is 5.22 Å². The van der Waals surface area contributed by atoms with Crippen LogP contribution in [-0.2, 0) is 9.53 Å². The molecule has 1 saturated heterocycles. The number of carboxylic acids is 1. The third kappa shape index (κ3) is 2.97. The van der Waals surface area contributed by atoms with Crippen LogP contribution in [0.15, 0.2) is 11.6 Å². The van der Waals surface area contributed by atoms with E-state index in [4.69, 9.17) is 9.84 Å². The van der Waals surface area contributed by atoms with Gasteiger partial charge in [0.1, 0.15) is 0 Å². The van der Waals surface area contributed by atoms with Crippen molar-refractivity contribution in [2.24, 2.45) is 0 Å². The van der Waals surface area contributed by atoms with Gasteiger partial charge in [0.2, 0.25) is 0 Å². The molecule has 1 rings (SSSR count). The van der Waals surface area contributed by atoms with E-state index >= 15 is 0 Å². The Labute approximate surface area is 81.2 Å². The molecule has 1 unspecified atom stereocenters. The summed E-state index contributed by atoms with van der Waals surface area (Å²) >= 11 is 0. The molecular formula is C9H16O3Si. The molecule has 1 aliphatic heterocycles. The van der Waals surface area contributed by atoms with E-state index in [0.29, 0.717) is 5.57 Å². The molecule has 3 nitrogen and oxygen atoms in total. The normalized spacial score (nSPS) is 30.4. The Morgan fingerprint density at radius 3 is 2.77 bits per heavy atom. The molecule has 74 valence electrons. The summed E-state index contributed by atoms with van der Waals surface area (Å²) < 4.78 is 5.61. The third-order valence-electron chi connectivity index (χ3n) is 2.36. The summed E-state index contributed by atoms with van der Waals surface area (Å²) in [6, 6.07) is 0. The smallest absolute Gasteiger partial charge is 0.331 e. The molecule has 1 fully saturated rings. The minimum atomic E-state index is -0.843. The molecule has 0 bridgehead atoms. The maximum Gasteiger partial charge on any atom is 0.331 e. The van der Waals surface area contributed by atoms with Crippen LogP contribution in [0.25, 0.3) is 0 Å². The minimum absolute atomic E-state index is 0.222. The molecule has 1 heterocycles. The van der Waals surface area contributed by atoms with Crippen molar-refractivity contribution in [2.75, 3.05) is 6.61 Å². The van der Waals surface area contributed by atoms with Gasteiger partial charge in [-0.3, -0.25) is 0 Å². The first-order chi connectivity index (χ1) is 6.03. The quantitative estimate of drug-likeness (QED) is 0.514. The number of hydrogen-bond acceptors (Lipinski definition) is 2. The van der Waals surface area contributed by atoms with E-state index in [-0.39, 0.29) is 5.22 Å². The highest BCUT2D eigenvalue weighted by molar-refractivity contribution is 6.16. The Bertz CT molecular complexity index is 229. The van der Waals surface area contributed by atoms with Gasteiger partial charge >= 0.3 is 5.97 Å². The maximum absolute atomic E-state index is 10.6. The zero-order chi connectivity index (χ0) is 9.90. The fourth-order valence-electron chi connectivity index (χ4n) is 1.59. The van der Waals surface area contributed by atoms with Gasteiger partial charge in [0, 0.05) is 22.4 Å². The first-order valence-electron chi connectivity index (χ1n) is 4.60. The van der Waals surface area contributed by atoms with E-state index in [2.05, 4.69) is 0 Å². The first kappa shape index (κ1) is 10.5. The number of rotatable bonds is 2. The van der Waals surface area contributed by atoms with Gasteiger partial charge in [-0.1, -0.05) is 0 Å². The van der Waals surface area contributed by atoms with Gasteiger partial charge in [0.15, 0.2) is 0 Å². The topological polar surface area (TPSA) is 46.5 Å². The van der Waals surface area contributed by atoms with Crippen molar-refractivity contribution < 1.29 is 14.6 Å². The maximum atomic E-state index is 10.6. The lowest BCUT2D eigenvalue weighted by molar-refractivity contribution is -0.132. The number of carbonyl (C=O) groups is 1. The Hall–Kier alpha value is -0.613. The SMILES string of the molecule is CC(=CC1([SiH3])CCCCO1)C(=O)O. The zero-order valence-electron chi connectivity index (χ0n) is 8.17. The van der Waals surface area contributed by atoms with E-state index in [1.54, 1.807) is 13.0 Å². The summed E-state index contributed by atoms with van der Waals surface area (Å²) in [5.74, 6) is -0.843. The standard InChI is InChI=1S/C9H16O3Si/c1-7(8(10)11)6-9(13)4-2-3-5-12-9/h6H,2-5H2,1,13H3,(H,10,11). The second-order valence-corrected chi connectivity index (χ2v) is 5.44. The van der Waals surface area contributed by atoms with Gasteiger partial charge in [0.25, 0.3) is 0 Å². The van der Waals surface area contributed by atoms with Crippen LogP contribution < -0.4 is 0 Å². The van der Waals surface area contributed by atoms with Crippen LogP contribution in [0.5, 0.6) is 0 Å². The molecule has 0 aromatic heterocycles. The third-order valence-corrected chi connectivity index (χ3v) is 3.44. The van der Waals surface area contributed by atoms with Crippen molar-refractivity contribution in [2.45, 2.75) is 31.4 Å². The molecule has 0 amide bonds. The average molecular weight is 200 g/mol. The number of aliphatic carboxylic acids is 1. The second-order valence-electron chi connectivity index (χ2n) is 3.75. The van der Waals surface area contributed by atoms with E-state index < -0.39 is 5.97 Å². The average Bonchev–Trinajstić information content (AvgIpc) is 2.04. The Morgan fingerprint density at radius 1 is 1.62 bits per heavy atom. The van der Waals surface area contributed by atoms with Crippen LogP contribution in [-0.4, -0.2) is 33.1 Å². The van der Waals surface area contributed by atoms with E-state index in [9.17, 15) is 4.79 Å². The lowest BCUT2D eigenvalue weighted by atomic mass is 10.1. The minimum Gasteiger partial charge on any atom is -0.478 e. The van der Waals surface area contributed by atoms with Crippen molar-refractivity contribution in [3.8, 4) is 0 Å². The van der Waals surface area contributed by atoms with Crippen molar-refractivity contribution in [3.63, 3.8) is 0 Å². The van der Waals surface area contributed by atoms with Crippen molar-refractivity contribution in [1.29, 1.82) is 0 Å². The number of carboxylic acid groups (broad SMARTS) is 1. The molecule has 13 heavy (non-hydrogen) atoms. The summed E-state index contributed by atoms with van der Waals surface area (Å²) in [6.45, 7) is 2.40. The molecule has 0 aromatic carbocycles. The van der Waals surface area contributed by atoms with E-state index in [0.717, 1.165) is 36.1 Å². The Kier molecular flexibility index (Phi) is 3.27. The van der Waals surface area contributed by atoms with Gasteiger partial charge in [-0.15, -0.1) is 0 Å². The molecular weight excluding hydrogens is 184 g/mol. The largest absolute Gasteiger partial charge is 0.478 e. The van der Waals surface area contributed by atoms with E-state index in [1.807, 2.05) is 0 Å². The van der Waals surface area contributed by atoms with Crippen LogP contribution in [0, 0.1) is 0 Å². The lowest BCUT2D eigenvalue weighted by Crippen LogP contribution is -2.35. The molecule has 0 aromatic rings. The van der Waals surface area contributed by atoms with Crippen molar-refractivity contribution in [1.82, 2.24) is 0 Å². The van der Waals surface area contributed by atoms with E-state index in [1.165, 1.54) is 0 Å². The molecule has 1 N–H and O–H groups in total. The van der Waals surface area contributed by atoms with Crippen LogP contribution in [0.4, 0.5) is 0 Å². The second kappa shape index (κ2) is 4.06. The lowest BCUT2D eigenvalue weighted by Gasteiger charge is -2.31. The Balaban J connectivity index is 2.68. The van der Waals surface area contributed by atoms with Gasteiger partial charge in [-0.25, -0.2) is 4.79 Å². The summed E-state index contributed by atoms with van der Waals surface area (Å²) in [6.07, 6.45) is 5.00. The molecule has 0 spiro atoms. The Morgan fingerprint density at radius 2 is 2.31 bits per heavy atom. The predicted octanol–water partition coefficient (Wildman–Crippen LogP) is 0.280. The molecule has 1 atom stereocenters. The van der Waals surface area contributed by atoms with Crippen molar-refractivity contribution in [3.05, 3.63) is 11.6 Å². The predicted molar refractivity (Wildman–Crippen MR) is 53.9 cm³/mol. The van der Waals surface area contributed by atoms with Crippen LogP contribution >= 0.6 is 0 Å².